The first kappa shape index (κ1) is 21.1. The van der Waals surface area contributed by atoms with E-state index in [4.69, 9.17) is 11.6 Å². The molecule has 1 aliphatic rings. The minimum atomic E-state index is -0.386. The van der Waals surface area contributed by atoms with Crippen LogP contribution in [0.2, 0.25) is 5.15 Å². The topological polar surface area (TPSA) is 67.2 Å². The Hall–Kier alpha value is -3.12. The van der Waals surface area contributed by atoms with Gasteiger partial charge < -0.3 is 10.2 Å². The van der Waals surface area contributed by atoms with Crippen molar-refractivity contribution in [1.82, 2.24) is 20.0 Å². The van der Waals surface area contributed by atoms with E-state index in [1.165, 1.54) is 11.1 Å². The molecule has 0 radical (unpaired) electrons. The SMILES string of the molecule is Cc1ccc(Cn2nc(C)c(C(=O)NCC(=O)N3CCc4ccccc4C3)c2Cl)cc1. The van der Waals surface area contributed by atoms with Crippen LogP contribution in [0.5, 0.6) is 0 Å². The van der Waals surface area contributed by atoms with Gasteiger partial charge in [0.15, 0.2) is 0 Å². The standard InChI is InChI=1S/C24H25ClN4O2/c1-16-7-9-18(10-8-16)14-29-23(25)22(17(2)27-29)24(31)26-13-21(30)28-12-11-19-5-3-4-6-20(19)15-28/h3-10H,11-15H2,1-2H3,(H,26,31). The summed E-state index contributed by atoms with van der Waals surface area (Å²) in [5.41, 5.74) is 5.50. The molecule has 7 heteroatoms. The van der Waals surface area contributed by atoms with Crippen molar-refractivity contribution in [2.24, 2.45) is 0 Å². The van der Waals surface area contributed by atoms with Crippen molar-refractivity contribution in [1.29, 1.82) is 0 Å². The molecule has 2 amide bonds. The normalized spacial score (nSPS) is 13.1. The highest BCUT2D eigenvalue weighted by Gasteiger charge is 2.24. The fraction of sp³-hybridized carbons (Fsp3) is 0.292. The van der Waals surface area contributed by atoms with Crippen molar-refractivity contribution in [3.05, 3.63) is 87.2 Å². The smallest absolute Gasteiger partial charge is 0.256 e. The van der Waals surface area contributed by atoms with Gasteiger partial charge in [-0.3, -0.25) is 9.59 Å². The summed E-state index contributed by atoms with van der Waals surface area (Å²) in [5.74, 6) is -0.493. The average Bonchev–Trinajstić information content (AvgIpc) is 3.05. The second kappa shape index (κ2) is 8.94. The number of carbonyl (C=O) groups excluding carboxylic acids is 2. The van der Waals surface area contributed by atoms with Crippen LogP contribution in [0.3, 0.4) is 0 Å². The van der Waals surface area contributed by atoms with Crippen LogP contribution >= 0.6 is 11.6 Å². The zero-order valence-electron chi connectivity index (χ0n) is 17.7. The van der Waals surface area contributed by atoms with E-state index in [9.17, 15) is 9.59 Å². The lowest BCUT2D eigenvalue weighted by atomic mass is 10.00. The predicted octanol–water partition coefficient (Wildman–Crippen LogP) is 3.52. The van der Waals surface area contributed by atoms with Crippen molar-refractivity contribution in [2.45, 2.75) is 33.4 Å². The van der Waals surface area contributed by atoms with Gasteiger partial charge in [-0.1, -0.05) is 65.7 Å². The molecule has 0 unspecified atom stereocenters. The Kier molecular flexibility index (Phi) is 6.09. The monoisotopic (exact) mass is 436 g/mol. The molecule has 0 saturated carbocycles. The second-order valence-electron chi connectivity index (χ2n) is 7.91. The molecule has 3 aromatic rings. The fourth-order valence-corrected chi connectivity index (χ4v) is 4.17. The Morgan fingerprint density at radius 2 is 1.77 bits per heavy atom. The van der Waals surface area contributed by atoms with Crippen LogP contribution in [0, 0.1) is 13.8 Å². The van der Waals surface area contributed by atoms with Gasteiger partial charge >= 0.3 is 0 Å². The lowest BCUT2D eigenvalue weighted by Crippen LogP contribution is -2.42. The van der Waals surface area contributed by atoms with E-state index < -0.39 is 0 Å². The quantitative estimate of drug-likeness (QED) is 0.665. The Bertz CT molecular complexity index is 1120. The molecule has 1 N–H and O–H groups in total. The summed E-state index contributed by atoms with van der Waals surface area (Å²) in [6.45, 7) is 5.40. The molecule has 6 nitrogen and oxygen atoms in total. The number of rotatable bonds is 5. The second-order valence-corrected chi connectivity index (χ2v) is 8.27. The number of carbonyl (C=O) groups is 2. The van der Waals surface area contributed by atoms with Gasteiger partial charge in [-0.05, 0) is 37.0 Å². The molecule has 0 atom stereocenters. The number of hydrogen-bond donors (Lipinski definition) is 1. The van der Waals surface area contributed by atoms with Crippen molar-refractivity contribution < 1.29 is 9.59 Å². The van der Waals surface area contributed by atoms with Crippen molar-refractivity contribution in [2.75, 3.05) is 13.1 Å². The van der Waals surface area contributed by atoms with Gasteiger partial charge in [0.05, 0.1) is 24.3 Å². The zero-order valence-corrected chi connectivity index (χ0v) is 18.4. The number of amides is 2. The Morgan fingerprint density at radius 3 is 2.52 bits per heavy atom. The molecule has 160 valence electrons. The summed E-state index contributed by atoms with van der Waals surface area (Å²) < 4.78 is 1.61. The van der Waals surface area contributed by atoms with Gasteiger partial charge in [-0.25, -0.2) is 4.68 Å². The summed E-state index contributed by atoms with van der Waals surface area (Å²) in [6, 6.07) is 16.2. The van der Waals surface area contributed by atoms with Gasteiger partial charge in [0.1, 0.15) is 5.15 Å². The molecule has 2 aromatic carbocycles. The molecular formula is C24H25ClN4O2. The van der Waals surface area contributed by atoms with E-state index in [2.05, 4.69) is 16.5 Å². The molecule has 0 saturated heterocycles. The molecule has 0 bridgehead atoms. The first-order valence-electron chi connectivity index (χ1n) is 10.3. The van der Waals surface area contributed by atoms with Crippen LogP contribution in [0.4, 0.5) is 0 Å². The molecule has 0 aliphatic carbocycles. The summed E-state index contributed by atoms with van der Waals surface area (Å²) in [4.78, 5) is 27.2. The highest BCUT2D eigenvalue weighted by atomic mass is 35.5. The number of fused-ring (bicyclic) bond motifs is 1. The van der Waals surface area contributed by atoms with Gasteiger partial charge in [-0.2, -0.15) is 5.10 Å². The van der Waals surface area contributed by atoms with Gasteiger partial charge in [0, 0.05) is 13.1 Å². The van der Waals surface area contributed by atoms with Crippen LogP contribution < -0.4 is 5.32 Å². The van der Waals surface area contributed by atoms with Crippen LogP contribution in [-0.4, -0.2) is 39.6 Å². The van der Waals surface area contributed by atoms with E-state index in [1.54, 1.807) is 16.5 Å². The van der Waals surface area contributed by atoms with E-state index in [-0.39, 0.29) is 23.5 Å². The number of benzene rings is 2. The molecule has 4 rings (SSSR count). The summed E-state index contributed by atoms with van der Waals surface area (Å²) in [7, 11) is 0. The lowest BCUT2D eigenvalue weighted by molar-refractivity contribution is -0.131. The minimum absolute atomic E-state index is 0.0695. The van der Waals surface area contributed by atoms with Crippen LogP contribution in [-0.2, 0) is 24.3 Å². The summed E-state index contributed by atoms with van der Waals surface area (Å²) >= 11 is 6.47. The number of halogens is 1. The van der Waals surface area contributed by atoms with E-state index in [0.29, 0.717) is 30.9 Å². The Morgan fingerprint density at radius 1 is 1.06 bits per heavy atom. The van der Waals surface area contributed by atoms with E-state index in [1.807, 2.05) is 49.4 Å². The number of nitrogens with one attached hydrogen (secondary N) is 1. The molecule has 0 spiro atoms. The maximum atomic E-state index is 12.8. The maximum Gasteiger partial charge on any atom is 0.256 e. The third kappa shape index (κ3) is 4.64. The third-order valence-corrected chi connectivity index (χ3v) is 6.01. The highest BCUT2D eigenvalue weighted by Crippen LogP contribution is 2.21. The molecule has 1 aliphatic heterocycles. The maximum absolute atomic E-state index is 12.8. The summed E-state index contributed by atoms with van der Waals surface area (Å²) in [5, 5.41) is 7.41. The van der Waals surface area contributed by atoms with E-state index in [0.717, 1.165) is 17.5 Å². The zero-order chi connectivity index (χ0) is 22.0. The van der Waals surface area contributed by atoms with Crippen LogP contribution in [0.1, 0.15) is 38.3 Å². The average molecular weight is 437 g/mol. The van der Waals surface area contributed by atoms with E-state index >= 15 is 0 Å². The van der Waals surface area contributed by atoms with Crippen LogP contribution in [0.25, 0.3) is 0 Å². The Labute approximate surface area is 186 Å². The van der Waals surface area contributed by atoms with Gasteiger partial charge in [0.25, 0.3) is 5.91 Å². The van der Waals surface area contributed by atoms with Crippen molar-refractivity contribution >= 4 is 23.4 Å². The van der Waals surface area contributed by atoms with Gasteiger partial charge in [0.2, 0.25) is 5.91 Å². The number of aromatic nitrogens is 2. The van der Waals surface area contributed by atoms with Gasteiger partial charge in [-0.15, -0.1) is 0 Å². The first-order chi connectivity index (χ1) is 14.9. The molecule has 1 aromatic heterocycles. The highest BCUT2D eigenvalue weighted by molar-refractivity contribution is 6.33. The van der Waals surface area contributed by atoms with Crippen molar-refractivity contribution in [3.63, 3.8) is 0 Å². The molecule has 2 heterocycles. The van der Waals surface area contributed by atoms with Crippen molar-refractivity contribution in [3.8, 4) is 0 Å². The third-order valence-electron chi connectivity index (χ3n) is 5.63. The summed E-state index contributed by atoms with van der Waals surface area (Å²) in [6.07, 6.45) is 0.826. The fourth-order valence-electron chi connectivity index (χ4n) is 3.85. The number of aryl methyl sites for hydroxylation is 2. The first-order valence-corrected chi connectivity index (χ1v) is 10.7. The lowest BCUT2D eigenvalue weighted by Gasteiger charge is -2.29. The largest absolute Gasteiger partial charge is 0.343 e. The molecule has 31 heavy (non-hydrogen) atoms. The molecule has 0 fully saturated rings. The predicted molar refractivity (Wildman–Crippen MR) is 120 cm³/mol. The molecular weight excluding hydrogens is 412 g/mol. The number of nitrogens with zero attached hydrogens (tertiary/aromatic N) is 3. The Balaban J connectivity index is 1.39. The minimum Gasteiger partial charge on any atom is -0.343 e. The number of hydrogen-bond acceptors (Lipinski definition) is 3. The van der Waals surface area contributed by atoms with Crippen LogP contribution in [0.15, 0.2) is 48.5 Å².